The molecule has 3 aromatic heterocycles. The van der Waals surface area contributed by atoms with Gasteiger partial charge in [0.1, 0.15) is 17.7 Å². The predicted molar refractivity (Wildman–Crippen MR) is 105 cm³/mol. The van der Waals surface area contributed by atoms with Gasteiger partial charge in [0, 0.05) is 24.0 Å². The summed E-state index contributed by atoms with van der Waals surface area (Å²) in [7, 11) is 1.53. The van der Waals surface area contributed by atoms with Crippen molar-refractivity contribution in [3.05, 3.63) is 82.7 Å². The minimum Gasteiger partial charge on any atom is -0.495 e. The van der Waals surface area contributed by atoms with E-state index in [0.29, 0.717) is 11.4 Å². The minimum absolute atomic E-state index is 0.232. The summed E-state index contributed by atoms with van der Waals surface area (Å²) < 4.78 is 12.0. The molecule has 0 saturated heterocycles. The number of hydrogen-bond acceptors (Lipinski definition) is 5. The zero-order chi connectivity index (χ0) is 19.7. The first-order valence-corrected chi connectivity index (χ1v) is 8.57. The highest BCUT2D eigenvalue weighted by Gasteiger charge is 2.13. The first kappa shape index (κ1) is 17.5. The van der Waals surface area contributed by atoms with Crippen LogP contribution in [0.3, 0.4) is 0 Å². The highest BCUT2D eigenvalue weighted by Crippen LogP contribution is 2.31. The molecular weight excluding hydrogens is 358 g/mol. The van der Waals surface area contributed by atoms with E-state index in [1.165, 1.54) is 19.2 Å². The second kappa shape index (κ2) is 7.03. The fourth-order valence-corrected chi connectivity index (χ4v) is 2.87. The molecule has 0 bridgehead atoms. The maximum atomic E-state index is 12.5. The molecule has 0 radical (unpaired) electrons. The monoisotopic (exact) mass is 375 g/mol. The Morgan fingerprint density at radius 1 is 1.18 bits per heavy atom. The predicted octanol–water partition coefficient (Wildman–Crippen LogP) is 3.52. The summed E-state index contributed by atoms with van der Waals surface area (Å²) in [5.41, 5.74) is 3.78. The number of pyridine rings is 1. The van der Waals surface area contributed by atoms with Crippen LogP contribution in [-0.4, -0.2) is 22.4 Å². The second-order valence-corrected chi connectivity index (χ2v) is 6.31. The molecule has 0 aliphatic rings. The Morgan fingerprint density at radius 2 is 2.04 bits per heavy atom. The van der Waals surface area contributed by atoms with E-state index in [1.54, 1.807) is 12.1 Å². The molecule has 0 unspecified atom stereocenters. The van der Waals surface area contributed by atoms with Crippen molar-refractivity contribution in [2.45, 2.75) is 6.92 Å². The van der Waals surface area contributed by atoms with Crippen LogP contribution < -0.4 is 15.7 Å². The summed E-state index contributed by atoms with van der Waals surface area (Å²) in [6, 6.07) is 12.1. The van der Waals surface area contributed by atoms with Crippen LogP contribution in [0.2, 0.25) is 0 Å². The Bertz CT molecular complexity index is 1220. The summed E-state index contributed by atoms with van der Waals surface area (Å²) in [6.45, 7) is 2.01. The van der Waals surface area contributed by atoms with E-state index >= 15 is 0 Å². The van der Waals surface area contributed by atoms with E-state index in [0.717, 1.165) is 28.7 Å². The smallest absolute Gasteiger partial charge is 0.335 e. The number of methoxy groups -OCH3 is 1. The van der Waals surface area contributed by atoms with Crippen LogP contribution in [0.1, 0.15) is 15.9 Å². The Labute approximate surface area is 160 Å². The van der Waals surface area contributed by atoms with Crippen LogP contribution in [0, 0.1) is 6.92 Å². The number of amides is 1. The average Bonchev–Trinajstić information content (AvgIpc) is 3.11. The molecule has 7 nitrogen and oxygen atoms in total. The number of hydrogen-bond donors (Lipinski definition) is 1. The lowest BCUT2D eigenvalue weighted by atomic mass is 10.1. The number of nitrogens with zero attached hydrogens (tertiary/aromatic N) is 2. The second-order valence-electron chi connectivity index (χ2n) is 6.31. The molecule has 28 heavy (non-hydrogen) atoms. The fourth-order valence-electron chi connectivity index (χ4n) is 2.87. The quantitative estimate of drug-likeness (QED) is 0.590. The number of fused-ring (bicyclic) bond motifs is 1. The molecule has 3 heterocycles. The third kappa shape index (κ3) is 3.37. The molecule has 4 aromatic rings. The molecule has 4 rings (SSSR count). The SMILES string of the molecule is COc1ccc(-c2cn3ccc(C)cc3n2)cc1NC(=O)c1ccc(=O)oc1. The van der Waals surface area contributed by atoms with Crippen molar-refractivity contribution in [3.8, 4) is 17.0 Å². The van der Waals surface area contributed by atoms with Gasteiger partial charge < -0.3 is 18.9 Å². The number of nitrogens with one attached hydrogen (secondary N) is 1. The molecule has 0 spiro atoms. The van der Waals surface area contributed by atoms with Crippen LogP contribution in [0.15, 0.2) is 70.3 Å². The maximum Gasteiger partial charge on any atom is 0.335 e. The van der Waals surface area contributed by atoms with Crippen molar-refractivity contribution < 1.29 is 13.9 Å². The topological polar surface area (TPSA) is 85.8 Å². The molecule has 7 heteroatoms. The van der Waals surface area contributed by atoms with Crippen LogP contribution in [-0.2, 0) is 0 Å². The van der Waals surface area contributed by atoms with Gasteiger partial charge >= 0.3 is 5.63 Å². The van der Waals surface area contributed by atoms with Crippen LogP contribution >= 0.6 is 0 Å². The number of rotatable bonds is 4. The highest BCUT2D eigenvalue weighted by atomic mass is 16.5. The van der Waals surface area contributed by atoms with Gasteiger partial charge in [0.25, 0.3) is 5.91 Å². The van der Waals surface area contributed by atoms with E-state index in [9.17, 15) is 9.59 Å². The van der Waals surface area contributed by atoms with Gasteiger partial charge in [-0.15, -0.1) is 0 Å². The fraction of sp³-hybridized carbons (Fsp3) is 0.0952. The number of aromatic nitrogens is 2. The van der Waals surface area contributed by atoms with Gasteiger partial charge in [-0.2, -0.15) is 0 Å². The van der Waals surface area contributed by atoms with Gasteiger partial charge in [0.05, 0.1) is 24.1 Å². The number of imidazole rings is 1. The highest BCUT2D eigenvalue weighted by molar-refractivity contribution is 6.05. The first-order valence-electron chi connectivity index (χ1n) is 8.57. The summed E-state index contributed by atoms with van der Waals surface area (Å²) in [5.74, 6) is 0.0962. The van der Waals surface area contributed by atoms with Crippen LogP contribution in [0.5, 0.6) is 5.75 Å². The van der Waals surface area contributed by atoms with E-state index in [1.807, 2.05) is 41.9 Å². The van der Waals surface area contributed by atoms with Crippen molar-refractivity contribution in [3.63, 3.8) is 0 Å². The third-order valence-electron chi connectivity index (χ3n) is 4.32. The van der Waals surface area contributed by atoms with Crippen molar-refractivity contribution in [2.24, 2.45) is 0 Å². The molecule has 1 amide bonds. The van der Waals surface area contributed by atoms with Gasteiger partial charge in [-0.25, -0.2) is 9.78 Å². The van der Waals surface area contributed by atoms with Crippen molar-refractivity contribution in [1.29, 1.82) is 0 Å². The number of carbonyl (C=O) groups is 1. The standard InChI is InChI=1S/C21H17N3O4/c1-13-7-8-24-11-17(22-19(24)9-13)14-3-5-18(27-2)16(10-14)23-21(26)15-4-6-20(25)28-12-15/h3-12H,1-2H3,(H,23,26). The van der Waals surface area contributed by atoms with Crippen molar-refractivity contribution in [1.82, 2.24) is 9.38 Å². The Balaban J connectivity index is 1.69. The van der Waals surface area contributed by atoms with E-state index in [4.69, 9.17) is 9.15 Å². The largest absolute Gasteiger partial charge is 0.495 e. The third-order valence-corrected chi connectivity index (χ3v) is 4.32. The zero-order valence-corrected chi connectivity index (χ0v) is 15.3. The molecule has 140 valence electrons. The summed E-state index contributed by atoms with van der Waals surface area (Å²) >= 11 is 0. The van der Waals surface area contributed by atoms with E-state index in [-0.39, 0.29) is 5.56 Å². The molecule has 0 atom stereocenters. The zero-order valence-electron chi connectivity index (χ0n) is 15.3. The summed E-state index contributed by atoms with van der Waals surface area (Å²) in [5, 5.41) is 2.79. The van der Waals surface area contributed by atoms with Gasteiger partial charge in [-0.05, 0) is 48.9 Å². The molecule has 1 N–H and O–H groups in total. The summed E-state index contributed by atoms with van der Waals surface area (Å²) in [4.78, 5) is 28.2. The molecule has 0 aliphatic carbocycles. The van der Waals surface area contributed by atoms with Crippen LogP contribution in [0.25, 0.3) is 16.9 Å². The molecule has 0 aliphatic heterocycles. The Hall–Kier alpha value is -3.87. The normalized spacial score (nSPS) is 10.8. The van der Waals surface area contributed by atoms with Gasteiger partial charge in [0.2, 0.25) is 0 Å². The number of carbonyl (C=O) groups excluding carboxylic acids is 1. The number of aryl methyl sites for hydroxylation is 1. The number of anilines is 1. The lowest BCUT2D eigenvalue weighted by Crippen LogP contribution is -2.13. The lowest BCUT2D eigenvalue weighted by molar-refractivity contribution is 0.102. The first-order chi connectivity index (χ1) is 13.5. The molecule has 1 aromatic carbocycles. The van der Waals surface area contributed by atoms with Crippen LogP contribution in [0.4, 0.5) is 5.69 Å². The molecule has 0 fully saturated rings. The van der Waals surface area contributed by atoms with Crippen molar-refractivity contribution >= 4 is 17.2 Å². The minimum atomic E-state index is -0.516. The van der Waals surface area contributed by atoms with E-state index in [2.05, 4.69) is 10.3 Å². The summed E-state index contributed by atoms with van der Waals surface area (Å²) in [6.07, 6.45) is 5.00. The molecular formula is C21H17N3O4. The Kier molecular flexibility index (Phi) is 4.41. The van der Waals surface area contributed by atoms with Crippen molar-refractivity contribution in [2.75, 3.05) is 12.4 Å². The maximum absolute atomic E-state index is 12.5. The number of benzene rings is 1. The van der Waals surface area contributed by atoms with E-state index < -0.39 is 11.5 Å². The van der Waals surface area contributed by atoms with Gasteiger partial charge in [-0.3, -0.25) is 4.79 Å². The van der Waals surface area contributed by atoms with Gasteiger partial charge in [0.15, 0.2) is 0 Å². The lowest BCUT2D eigenvalue weighted by Gasteiger charge is -2.11. The van der Waals surface area contributed by atoms with Gasteiger partial charge in [-0.1, -0.05) is 0 Å². The average molecular weight is 375 g/mol. The molecule has 0 saturated carbocycles. The Morgan fingerprint density at radius 3 is 2.79 bits per heavy atom. The number of ether oxygens (including phenoxy) is 1.